The van der Waals surface area contributed by atoms with Gasteiger partial charge in [0.05, 0.1) is 0 Å². The van der Waals surface area contributed by atoms with Crippen LogP contribution in [0.5, 0.6) is 0 Å². The van der Waals surface area contributed by atoms with Crippen LogP contribution in [0.1, 0.15) is 25.7 Å². The van der Waals surface area contributed by atoms with E-state index in [2.05, 4.69) is 25.2 Å². The minimum Gasteiger partial charge on any atom is -0.352 e. The third-order valence-electron chi connectivity index (χ3n) is 5.10. The number of ketones is 1. The highest BCUT2D eigenvalue weighted by atomic mass is 16.2. The molecule has 3 heterocycles. The van der Waals surface area contributed by atoms with Crippen molar-refractivity contribution in [2.24, 2.45) is 5.92 Å². The van der Waals surface area contributed by atoms with Crippen molar-refractivity contribution < 1.29 is 9.59 Å². The Kier molecular flexibility index (Phi) is 4.59. The van der Waals surface area contributed by atoms with Gasteiger partial charge in [0.2, 0.25) is 5.91 Å². The summed E-state index contributed by atoms with van der Waals surface area (Å²) >= 11 is 0. The standard InChI is InChI=1S/C17H21N7O2/c25-14-3-1-13(2-4-14)17(26)23-9-7-22(8-10-23)15-5-6-16(21-20-15)24-12-18-11-19-24/h5-6,11-13H,1-4,7-10H2. The van der Waals surface area contributed by atoms with E-state index in [1.807, 2.05) is 17.0 Å². The second kappa shape index (κ2) is 7.19. The molecule has 1 saturated carbocycles. The first-order valence-corrected chi connectivity index (χ1v) is 8.95. The lowest BCUT2D eigenvalue weighted by Gasteiger charge is -2.37. The quantitative estimate of drug-likeness (QED) is 0.789. The number of carbonyl (C=O) groups excluding carboxylic acids is 2. The average molecular weight is 355 g/mol. The van der Waals surface area contributed by atoms with Crippen LogP contribution in [0.3, 0.4) is 0 Å². The predicted molar refractivity (Wildman–Crippen MR) is 92.7 cm³/mol. The summed E-state index contributed by atoms with van der Waals surface area (Å²) in [4.78, 5) is 31.9. The zero-order valence-corrected chi connectivity index (χ0v) is 14.5. The molecule has 0 N–H and O–H groups in total. The summed E-state index contributed by atoms with van der Waals surface area (Å²) in [6.45, 7) is 2.81. The molecule has 9 nitrogen and oxygen atoms in total. The van der Waals surface area contributed by atoms with Crippen molar-refractivity contribution in [3.8, 4) is 5.82 Å². The lowest BCUT2D eigenvalue weighted by molar-refractivity contribution is -0.137. The highest BCUT2D eigenvalue weighted by molar-refractivity contribution is 5.84. The molecule has 0 aromatic carbocycles. The summed E-state index contributed by atoms with van der Waals surface area (Å²) in [5.41, 5.74) is 0. The van der Waals surface area contributed by atoms with Crippen LogP contribution >= 0.6 is 0 Å². The number of amides is 1. The molecule has 0 radical (unpaired) electrons. The molecule has 1 amide bonds. The first-order valence-electron chi connectivity index (χ1n) is 8.95. The number of hydrogen-bond acceptors (Lipinski definition) is 7. The summed E-state index contributed by atoms with van der Waals surface area (Å²) in [7, 11) is 0. The van der Waals surface area contributed by atoms with Crippen molar-refractivity contribution in [2.45, 2.75) is 25.7 Å². The van der Waals surface area contributed by atoms with Crippen LogP contribution in [0.4, 0.5) is 5.82 Å². The molecule has 1 aliphatic carbocycles. The molecule has 4 rings (SSSR count). The molecule has 0 bridgehead atoms. The van der Waals surface area contributed by atoms with E-state index in [4.69, 9.17) is 0 Å². The maximum atomic E-state index is 12.6. The van der Waals surface area contributed by atoms with Crippen molar-refractivity contribution >= 4 is 17.5 Å². The molecule has 136 valence electrons. The van der Waals surface area contributed by atoms with Gasteiger partial charge in [-0.05, 0) is 25.0 Å². The van der Waals surface area contributed by atoms with Gasteiger partial charge in [-0.2, -0.15) is 5.10 Å². The molecule has 0 spiro atoms. The Bertz CT molecular complexity index is 757. The Balaban J connectivity index is 1.33. The topological polar surface area (TPSA) is 97.1 Å². The fourth-order valence-corrected chi connectivity index (χ4v) is 3.54. The molecule has 0 atom stereocenters. The van der Waals surface area contributed by atoms with Crippen LogP contribution in [0.25, 0.3) is 5.82 Å². The Labute approximate surface area is 151 Å². The Morgan fingerprint density at radius 2 is 1.69 bits per heavy atom. The minimum absolute atomic E-state index is 0.0148. The van der Waals surface area contributed by atoms with E-state index < -0.39 is 0 Å². The minimum atomic E-state index is 0.0148. The summed E-state index contributed by atoms with van der Waals surface area (Å²) < 4.78 is 1.56. The molecule has 26 heavy (non-hydrogen) atoms. The van der Waals surface area contributed by atoms with Gasteiger partial charge < -0.3 is 9.80 Å². The molecular weight excluding hydrogens is 334 g/mol. The highest BCUT2D eigenvalue weighted by Crippen LogP contribution is 2.24. The van der Waals surface area contributed by atoms with Gasteiger partial charge in [0.15, 0.2) is 11.6 Å². The smallest absolute Gasteiger partial charge is 0.225 e. The number of Topliss-reactive ketones (excluding diaryl/α,β-unsaturated/α-hetero) is 1. The van der Waals surface area contributed by atoms with Crippen LogP contribution in [-0.2, 0) is 9.59 Å². The van der Waals surface area contributed by atoms with Gasteiger partial charge in [-0.25, -0.2) is 9.67 Å². The van der Waals surface area contributed by atoms with Crippen LogP contribution < -0.4 is 4.90 Å². The van der Waals surface area contributed by atoms with Crippen molar-refractivity contribution in [1.29, 1.82) is 0 Å². The molecule has 2 aromatic heterocycles. The second-order valence-electron chi connectivity index (χ2n) is 6.72. The van der Waals surface area contributed by atoms with E-state index in [0.29, 0.717) is 44.6 Å². The SMILES string of the molecule is O=C1CCC(C(=O)N2CCN(c3ccc(-n4cncn4)nn3)CC2)CC1. The molecule has 2 fully saturated rings. The van der Waals surface area contributed by atoms with Gasteiger partial charge in [0.1, 0.15) is 18.4 Å². The largest absolute Gasteiger partial charge is 0.352 e. The van der Waals surface area contributed by atoms with Gasteiger partial charge in [0, 0.05) is 44.9 Å². The summed E-state index contributed by atoms with van der Waals surface area (Å²) in [6.07, 6.45) is 5.52. The monoisotopic (exact) mass is 355 g/mol. The zero-order chi connectivity index (χ0) is 17.9. The van der Waals surface area contributed by atoms with E-state index in [-0.39, 0.29) is 17.6 Å². The molecule has 1 saturated heterocycles. The normalized spacial score (nSPS) is 19.0. The van der Waals surface area contributed by atoms with Crippen molar-refractivity contribution in [3.63, 3.8) is 0 Å². The number of hydrogen-bond donors (Lipinski definition) is 0. The third-order valence-corrected chi connectivity index (χ3v) is 5.10. The number of aromatic nitrogens is 5. The maximum Gasteiger partial charge on any atom is 0.225 e. The van der Waals surface area contributed by atoms with Gasteiger partial charge in [0.25, 0.3) is 0 Å². The Hall–Kier alpha value is -2.84. The molecule has 9 heteroatoms. The highest BCUT2D eigenvalue weighted by Gasteiger charge is 2.30. The molecule has 2 aromatic rings. The zero-order valence-electron chi connectivity index (χ0n) is 14.5. The van der Waals surface area contributed by atoms with E-state index in [9.17, 15) is 9.59 Å². The van der Waals surface area contributed by atoms with E-state index >= 15 is 0 Å². The van der Waals surface area contributed by atoms with E-state index in [1.54, 1.807) is 11.0 Å². The van der Waals surface area contributed by atoms with Crippen LogP contribution in [-0.4, -0.2) is 67.7 Å². The Morgan fingerprint density at radius 1 is 1.00 bits per heavy atom. The summed E-state index contributed by atoms with van der Waals surface area (Å²) in [5.74, 6) is 1.91. The predicted octanol–water partition coefficient (Wildman–Crippen LogP) is 0.465. The van der Waals surface area contributed by atoms with Crippen molar-refractivity contribution in [2.75, 3.05) is 31.1 Å². The van der Waals surface area contributed by atoms with Crippen LogP contribution in [0.15, 0.2) is 24.8 Å². The molecule has 0 unspecified atom stereocenters. The fraction of sp³-hybridized carbons (Fsp3) is 0.529. The first-order chi connectivity index (χ1) is 12.7. The van der Waals surface area contributed by atoms with Gasteiger partial charge >= 0.3 is 0 Å². The molecule has 2 aliphatic rings. The van der Waals surface area contributed by atoms with E-state index in [1.165, 1.54) is 6.33 Å². The lowest BCUT2D eigenvalue weighted by atomic mass is 9.87. The van der Waals surface area contributed by atoms with Crippen LogP contribution in [0.2, 0.25) is 0 Å². The molecular formula is C17H21N7O2. The fourth-order valence-electron chi connectivity index (χ4n) is 3.54. The van der Waals surface area contributed by atoms with Gasteiger partial charge in [-0.1, -0.05) is 0 Å². The van der Waals surface area contributed by atoms with Crippen molar-refractivity contribution in [1.82, 2.24) is 29.9 Å². The molecule has 1 aliphatic heterocycles. The second-order valence-corrected chi connectivity index (χ2v) is 6.72. The maximum absolute atomic E-state index is 12.6. The van der Waals surface area contributed by atoms with Gasteiger partial charge in [-0.3, -0.25) is 9.59 Å². The number of piperazine rings is 1. The van der Waals surface area contributed by atoms with Crippen molar-refractivity contribution in [3.05, 3.63) is 24.8 Å². The number of carbonyl (C=O) groups is 2. The van der Waals surface area contributed by atoms with Crippen LogP contribution in [0, 0.1) is 5.92 Å². The van der Waals surface area contributed by atoms with E-state index in [0.717, 1.165) is 18.9 Å². The summed E-state index contributed by atoms with van der Waals surface area (Å²) in [6, 6.07) is 3.77. The first kappa shape index (κ1) is 16.6. The third kappa shape index (κ3) is 3.42. The summed E-state index contributed by atoms with van der Waals surface area (Å²) in [5, 5.41) is 12.5. The average Bonchev–Trinajstić information content (AvgIpc) is 3.23. The van der Waals surface area contributed by atoms with Gasteiger partial charge in [-0.15, -0.1) is 10.2 Å². The number of nitrogens with zero attached hydrogens (tertiary/aromatic N) is 7. The Morgan fingerprint density at radius 3 is 2.31 bits per heavy atom. The number of anilines is 1. The number of rotatable bonds is 3. The lowest BCUT2D eigenvalue weighted by Crippen LogP contribution is -2.51.